The van der Waals surface area contributed by atoms with E-state index in [-0.39, 0.29) is 0 Å². The van der Waals surface area contributed by atoms with Gasteiger partial charge in [-0.2, -0.15) is 0 Å². The number of allylic oxidation sites excluding steroid dienone is 5. The molecule has 0 atom stereocenters. The molecular formula is C11H10MnO3. The van der Waals surface area contributed by atoms with Crippen LogP contribution in [0.25, 0.3) is 0 Å². The van der Waals surface area contributed by atoms with Crippen LogP contribution in [0, 0.1) is 0 Å². The average molecular weight is 245 g/mol. The zero-order valence-electron chi connectivity index (χ0n) is 8.03. The van der Waals surface area contributed by atoms with Gasteiger partial charge in [0.1, 0.15) is 0 Å². The molecule has 1 aliphatic carbocycles. The van der Waals surface area contributed by atoms with E-state index in [1.807, 2.05) is 6.08 Å². The van der Waals surface area contributed by atoms with Crippen molar-refractivity contribution in [3.63, 3.8) is 0 Å². The molecule has 0 bridgehead atoms. The van der Waals surface area contributed by atoms with Crippen LogP contribution >= 0.6 is 0 Å². The van der Waals surface area contributed by atoms with Gasteiger partial charge in [-0.05, 0) is 0 Å². The van der Waals surface area contributed by atoms with Crippen LogP contribution in [-0.2, 0) is 29.3 Å². The Balaban J connectivity index is -0.000000208. The maximum absolute atomic E-state index is 7.50. The van der Waals surface area contributed by atoms with Crippen LogP contribution in [0.1, 0.15) is 6.42 Å². The SMILES string of the molecule is C=C[CH2][Mn][C]1=CC=CC1.[C]=O.[C]=O.[C]=O. The average Bonchev–Trinajstić information content (AvgIpc) is 2.87. The Morgan fingerprint density at radius 1 is 1.27 bits per heavy atom. The summed E-state index contributed by atoms with van der Waals surface area (Å²) in [5.74, 6) is 0. The van der Waals surface area contributed by atoms with Crippen molar-refractivity contribution in [1.82, 2.24) is 0 Å². The molecule has 0 saturated carbocycles. The summed E-state index contributed by atoms with van der Waals surface area (Å²) in [5, 5.41) is 1.15. The fourth-order valence-corrected chi connectivity index (χ4v) is 1.72. The molecular weight excluding hydrogens is 235 g/mol. The van der Waals surface area contributed by atoms with Crippen LogP contribution in [-0.4, -0.2) is 20.4 Å². The summed E-state index contributed by atoms with van der Waals surface area (Å²) < 4.78 is 1.57. The van der Waals surface area contributed by atoms with Crippen LogP contribution < -0.4 is 0 Å². The first-order valence-corrected chi connectivity index (χ1v) is 5.03. The molecule has 0 spiro atoms. The number of rotatable bonds is 3. The molecule has 0 aliphatic heterocycles. The molecule has 0 aromatic heterocycles. The minimum absolute atomic E-state index is 0.938. The quantitative estimate of drug-likeness (QED) is 0.556. The Morgan fingerprint density at radius 2 is 1.80 bits per heavy atom. The smallest absolute Gasteiger partial charge is 0.281 e. The molecule has 0 N–H and O–H groups in total. The van der Waals surface area contributed by atoms with Gasteiger partial charge in [-0.1, -0.05) is 0 Å². The summed E-state index contributed by atoms with van der Waals surface area (Å²) in [6.07, 6.45) is 9.70. The number of carbonyl (C=O) groups excluding carboxylic acids is 3. The predicted molar refractivity (Wildman–Crippen MR) is 53.9 cm³/mol. The second kappa shape index (κ2) is 23.0. The van der Waals surface area contributed by atoms with E-state index in [2.05, 4.69) is 45.2 Å². The first-order valence-electron chi connectivity index (χ1n) is 3.60. The summed E-state index contributed by atoms with van der Waals surface area (Å²) in [5.41, 5.74) is 0. The third-order valence-corrected chi connectivity index (χ3v) is 2.64. The van der Waals surface area contributed by atoms with Crippen LogP contribution in [0.4, 0.5) is 0 Å². The van der Waals surface area contributed by atoms with E-state index in [0.717, 1.165) is 20.3 Å². The maximum atomic E-state index is 7.50. The Kier molecular flexibility index (Phi) is 29.6. The van der Waals surface area contributed by atoms with E-state index in [1.54, 1.807) is 4.47 Å². The van der Waals surface area contributed by atoms with E-state index in [4.69, 9.17) is 14.4 Å². The Bertz CT molecular complexity index is 195. The first kappa shape index (κ1) is 19.3. The molecule has 1 rings (SSSR count). The minimum atomic E-state index is 0.938. The fourth-order valence-electron chi connectivity index (χ4n) is 0.674. The molecule has 15 heavy (non-hydrogen) atoms. The Morgan fingerprint density at radius 3 is 2.13 bits per heavy atom. The second-order valence-corrected chi connectivity index (χ2v) is 3.48. The van der Waals surface area contributed by atoms with E-state index in [9.17, 15) is 0 Å². The maximum Gasteiger partial charge on any atom is 0.281 e. The van der Waals surface area contributed by atoms with Crippen LogP contribution in [0.3, 0.4) is 0 Å². The molecule has 3 nitrogen and oxygen atoms in total. The van der Waals surface area contributed by atoms with E-state index < -0.39 is 0 Å². The molecule has 6 radical (unpaired) electrons. The third kappa shape index (κ3) is 15.5. The molecule has 0 aromatic carbocycles. The third-order valence-electron chi connectivity index (χ3n) is 1.08. The molecule has 0 aromatic rings. The molecule has 4 heteroatoms. The Hall–Kier alpha value is -1.25. The van der Waals surface area contributed by atoms with Crippen LogP contribution in [0.2, 0.25) is 5.32 Å². The van der Waals surface area contributed by atoms with Crippen LogP contribution in [0.15, 0.2) is 35.4 Å². The monoisotopic (exact) mass is 245 g/mol. The van der Waals surface area contributed by atoms with Gasteiger partial charge in [0.25, 0.3) is 20.4 Å². The van der Waals surface area contributed by atoms with Gasteiger partial charge in [-0.25, -0.2) is 0 Å². The van der Waals surface area contributed by atoms with E-state index >= 15 is 0 Å². The van der Waals surface area contributed by atoms with Gasteiger partial charge in [-0.3, -0.25) is 14.4 Å². The van der Waals surface area contributed by atoms with Crippen molar-refractivity contribution in [2.75, 3.05) is 0 Å². The molecule has 79 valence electrons. The summed E-state index contributed by atoms with van der Waals surface area (Å²) in [4.78, 5) is 22.5. The zero-order valence-corrected chi connectivity index (χ0v) is 9.21. The topological polar surface area (TPSA) is 51.2 Å². The molecule has 0 saturated heterocycles. The molecule has 0 heterocycles. The molecule has 0 unspecified atom stereocenters. The molecule has 1 aliphatic rings. The number of hydrogen-bond acceptors (Lipinski definition) is 3. The van der Waals surface area contributed by atoms with Crippen molar-refractivity contribution in [2.45, 2.75) is 11.7 Å². The van der Waals surface area contributed by atoms with Crippen LogP contribution in [0.5, 0.6) is 0 Å². The summed E-state index contributed by atoms with van der Waals surface area (Å²) >= 11 is 0.938. The normalized spacial score (nSPS) is 10.3. The van der Waals surface area contributed by atoms with Crippen molar-refractivity contribution in [1.29, 1.82) is 0 Å². The van der Waals surface area contributed by atoms with Gasteiger partial charge in [0, 0.05) is 0 Å². The minimum Gasteiger partial charge on any atom is -0.281 e. The molecule has 0 amide bonds. The summed E-state index contributed by atoms with van der Waals surface area (Å²) in [6, 6.07) is 0. The number of hydrogen-bond donors (Lipinski definition) is 0. The first-order chi connectivity index (χ1) is 7.43. The molecule has 0 fully saturated rings. The standard InChI is InChI=1S/C5H5.C3H5.3CO.Mn/c1-2-4-5-3-1;1-3-2;3*1-2;/h1-3H,4H2;3H,1-2H2;;;;. The van der Waals surface area contributed by atoms with E-state index in [1.165, 1.54) is 6.42 Å². The van der Waals surface area contributed by atoms with Gasteiger partial charge in [0.15, 0.2) is 0 Å². The van der Waals surface area contributed by atoms with Gasteiger partial charge < -0.3 is 0 Å². The van der Waals surface area contributed by atoms with Crippen molar-refractivity contribution < 1.29 is 29.3 Å². The Labute approximate surface area is 97.1 Å². The van der Waals surface area contributed by atoms with Crippen molar-refractivity contribution in [3.05, 3.63) is 35.4 Å². The van der Waals surface area contributed by atoms with E-state index in [0.29, 0.717) is 0 Å². The van der Waals surface area contributed by atoms with Gasteiger partial charge in [0.2, 0.25) is 0 Å². The van der Waals surface area contributed by atoms with Crippen molar-refractivity contribution in [2.24, 2.45) is 0 Å². The largest absolute Gasteiger partial charge is 0.281 e. The van der Waals surface area contributed by atoms with Gasteiger partial charge >= 0.3 is 62.1 Å². The van der Waals surface area contributed by atoms with Crippen molar-refractivity contribution in [3.8, 4) is 0 Å². The fraction of sp³-hybridized carbons (Fsp3) is 0.182. The summed E-state index contributed by atoms with van der Waals surface area (Å²) in [6.45, 7) is 17.2. The summed E-state index contributed by atoms with van der Waals surface area (Å²) in [7, 11) is 0. The second-order valence-electron chi connectivity index (χ2n) is 1.82. The van der Waals surface area contributed by atoms with Crippen molar-refractivity contribution >= 4 is 20.4 Å². The zero-order chi connectivity index (χ0) is 12.5. The predicted octanol–water partition coefficient (Wildman–Crippen LogP) is 1.33. The van der Waals surface area contributed by atoms with Gasteiger partial charge in [0.05, 0.1) is 0 Å². The van der Waals surface area contributed by atoms with Gasteiger partial charge in [-0.15, -0.1) is 0 Å².